The number of methoxy groups -OCH3 is 1. The smallest absolute Gasteiger partial charge is 0.269 e. The number of nitrogens with one attached hydrogen (secondary N) is 3. The molecule has 0 fully saturated rings. The minimum Gasteiger partial charge on any atom is -0.497 e. The molecule has 0 spiro atoms. The molecule has 0 aliphatic rings. The number of nitrogens with zero attached hydrogens (tertiary/aromatic N) is 2. The van der Waals surface area contributed by atoms with Crippen molar-refractivity contribution < 1.29 is 22.7 Å². The molecule has 1 unspecified atom stereocenters. The Labute approximate surface area is 202 Å². The normalized spacial score (nSPS) is 12.1. The topological polar surface area (TPSA) is 131 Å². The molecule has 180 valence electrons. The van der Waals surface area contributed by atoms with Crippen LogP contribution in [0.1, 0.15) is 23.3 Å². The van der Waals surface area contributed by atoms with Gasteiger partial charge in [-0.2, -0.15) is 0 Å². The van der Waals surface area contributed by atoms with Crippen molar-refractivity contribution in [1.29, 1.82) is 0 Å². The predicted octanol–water partition coefficient (Wildman–Crippen LogP) is 2.87. The van der Waals surface area contributed by atoms with Crippen LogP contribution in [0.2, 0.25) is 0 Å². The lowest BCUT2D eigenvalue weighted by atomic mass is 10.2. The molecular formula is C24H23N5O5S. The van der Waals surface area contributed by atoms with Gasteiger partial charge in [0.2, 0.25) is 0 Å². The number of hydrogen-bond donors (Lipinski definition) is 3. The second-order valence-electron chi connectivity index (χ2n) is 7.62. The maximum atomic E-state index is 12.8. The largest absolute Gasteiger partial charge is 0.497 e. The zero-order valence-corrected chi connectivity index (χ0v) is 19.7. The summed E-state index contributed by atoms with van der Waals surface area (Å²) in [6.45, 7) is 1.67. The van der Waals surface area contributed by atoms with Crippen molar-refractivity contribution in [2.45, 2.75) is 17.9 Å². The Morgan fingerprint density at radius 3 is 2.46 bits per heavy atom. The van der Waals surface area contributed by atoms with Gasteiger partial charge in [0.25, 0.3) is 21.8 Å². The minimum absolute atomic E-state index is 0.0589. The van der Waals surface area contributed by atoms with Crippen molar-refractivity contribution in [3.63, 3.8) is 0 Å². The van der Waals surface area contributed by atoms with E-state index in [1.54, 1.807) is 42.1 Å². The standard InChI is InChI=1S/C24H23N5O5S/c1-16(29-15-25-21-8-3-4-9-22(21)29)23(30)26-27-24(31)17-6-5-7-20(14-17)35(32,33)28-18-10-12-19(34-2)13-11-18/h3-16,28H,1-2H3,(H,26,30)(H,27,31). The number of amides is 2. The lowest BCUT2D eigenvalue weighted by Gasteiger charge is -2.15. The van der Waals surface area contributed by atoms with Crippen LogP contribution in [-0.2, 0) is 14.8 Å². The first-order valence-electron chi connectivity index (χ1n) is 10.6. The van der Waals surface area contributed by atoms with Crippen LogP contribution >= 0.6 is 0 Å². The number of anilines is 1. The van der Waals surface area contributed by atoms with Gasteiger partial charge in [-0.25, -0.2) is 13.4 Å². The summed E-state index contributed by atoms with van der Waals surface area (Å²) in [6.07, 6.45) is 1.56. The number of carbonyl (C=O) groups excluding carboxylic acids is 2. The first-order chi connectivity index (χ1) is 16.8. The summed E-state index contributed by atoms with van der Waals surface area (Å²) in [7, 11) is -2.44. The number of carbonyl (C=O) groups is 2. The van der Waals surface area contributed by atoms with Crippen molar-refractivity contribution in [2.75, 3.05) is 11.8 Å². The molecule has 0 saturated heterocycles. The molecule has 0 aliphatic heterocycles. The fourth-order valence-electron chi connectivity index (χ4n) is 3.39. The van der Waals surface area contributed by atoms with Gasteiger partial charge in [0.15, 0.2) is 0 Å². The van der Waals surface area contributed by atoms with Crippen LogP contribution < -0.4 is 20.3 Å². The second kappa shape index (κ2) is 9.85. The van der Waals surface area contributed by atoms with Gasteiger partial charge in [-0.05, 0) is 61.5 Å². The summed E-state index contributed by atoms with van der Waals surface area (Å²) in [5, 5.41) is 0. The number of fused-ring (bicyclic) bond motifs is 1. The molecule has 2 amide bonds. The molecule has 3 aromatic carbocycles. The first-order valence-corrected chi connectivity index (χ1v) is 12.1. The van der Waals surface area contributed by atoms with Crippen LogP contribution in [0.4, 0.5) is 5.69 Å². The molecule has 3 N–H and O–H groups in total. The number of imidazole rings is 1. The zero-order chi connectivity index (χ0) is 25.0. The highest BCUT2D eigenvalue weighted by Gasteiger charge is 2.20. The third-order valence-corrected chi connectivity index (χ3v) is 6.70. The van der Waals surface area contributed by atoms with E-state index < -0.39 is 27.9 Å². The molecule has 35 heavy (non-hydrogen) atoms. The van der Waals surface area contributed by atoms with Gasteiger partial charge in [-0.1, -0.05) is 18.2 Å². The van der Waals surface area contributed by atoms with E-state index in [2.05, 4.69) is 20.6 Å². The summed E-state index contributed by atoms with van der Waals surface area (Å²) >= 11 is 0. The molecule has 4 aromatic rings. The second-order valence-corrected chi connectivity index (χ2v) is 9.30. The number of benzene rings is 3. The summed E-state index contributed by atoms with van der Waals surface area (Å²) in [5.74, 6) is -0.543. The van der Waals surface area contributed by atoms with Gasteiger partial charge < -0.3 is 9.30 Å². The highest BCUT2D eigenvalue weighted by Crippen LogP contribution is 2.20. The summed E-state index contributed by atoms with van der Waals surface area (Å²) in [4.78, 5) is 29.4. The van der Waals surface area contributed by atoms with Gasteiger partial charge in [0.1, 0.15) is 11.8 Å². The molecular weight excluding hydrogens is 470 g/mol. The van der Waals surface area contributed by atoms with E-state index in [0.717, 1.165) is 11.0 Å². The summed E-state index contributed by atoms with van der Waals surface area (Å²) in [5.41, 5.74) is 6.64. The molecule has 1 aromatic heterocycles. The van der Waals surface area contributed by atoms with Crippen LogP contribution in [0.3, 0.4) is 0 Å². The van der Waals surface area contributed by atoms with Crippen molar-refractivity contribution in [1.82, 2.24) is 20.4 Å². The molecule has 1 atom stereocenters. The highest BCUT2D eigenvalue weighted by atomic mass is 32.2. The van der Waals surface area contributed by atoms with E-state index in [0.29, 0.717) is 11.4 Å². The quantitative estimate of drug-likeness (QED) is 0.339. The molecule has 0 saturated carbocycles. The van der Waals surface area contributed by atoms with E-state index in [-0.39, 0.29) is 10.5 Å². The first kappa shape index (κ1) is 23.8. The minimum atomic E-state index is -3.95. The summed E-state index contributed by atoms with van der Waals surface area (Å²) < 4.78 is 34.8. The van der Waals surface area contributed by atoms with Gasteiger partial charge in [-0.3, -0.25) is 25.2 Å². The van der Waals surface area contributed by atoms with E-state index >= 15 is 0 Å². The number of rotatable bonds is 7. The number of aromatic nitrogens is 2. The number of sulfonamides is 1. The lowest BCUT2D eigenvalue weighted by Crippen LogP contribution is -2.44. The fraction of sp³-hybridized carbons (Fsp3) is 0.125. The fourth-order valence-corrected chi connectivity index (χ4v) is 4.49. The number of hydrogen-bond acceptors (Lipinski definition) is 6. The number of ether oxygens (including phenoxy) is 1. The maximum absolute atomic E-state index is 12.8. The van der Waals surface area contributed by atoms with E-state index in [9.17, 15) is 18.0 Å². The van der Waals surface area contributed by atoms with Gasteiger partial charge in [0.05, 0.1) is 29.4 Å². The SMILES string of the molecule is COc1ccc(NS(=O)(=O)c2cccc(C(=O)NNC(=O)C(C)n3cnc4ccccc43)c2)cc1. The van der Waals surface area contributed by atoms with Crippen molar-refractivity contribution in [3.05, 3.63) is 84.7 Å². The Bertz CT molecular complexity index is 1480. The van der Waals surface area contributed by atoms with Crippen molar-refractivity contribution in [3.8, 4) is 5.75 Å². The predicted molar refractivity (Wildman–Crippen MR) is 130 cm³/mol. The van der Waals surface area contributed by atoms with Crippen molar-refractivity contribution >= 4 is 38.6 Å². The van der Waals surface area contributed by atoms with Crippen LogP contribution in [0, 0.1) is 0 Å². The van der Waals surface area contributed by atoms with E-state index in [1.165, 1.54) is 31.4 Å². The average molecular weight is 494 g/mol. The molecule has 11 heteroatoms. The van der Waals surface area contributed by atoms with E-state index in [1.807, 2.05) is 24.3 Å². The van der Waals surface area contributed by atoms with Crippen LogP contribution in [0.25, 0.3) is 11.0 Å². The molecule has 10 nitrogen and oxygen atoms in total. The average Bonchev–Trinajstić information content (AvgIpc) is 3.31. The third-order valence-electron chi connectivity index (χ3n) is 5.33. The van der Waals surface area contributed by atoms with Crippen LogP contribution in [0.5, 0.6) is 5.75 Å². The monoisotopic (exact) mass is 493 g/mol. The maximum Gasteiger partial charge on any atom is 0.269 e. The zero-order valence-electron chi connectivity index (χ0n) is 18.9. The van der Waals surface area contributed by atoms with Crippen molar-refractivity contribution in [2.24, 2.45) is 0 Å². The van der Waals surface area contributed by atoms with E-state index in [4.69, 9.17) is 4.74 Å². The Hall–Kier alpha value is -4.38. The van der Waals surface area contributed by atoms with Gasteiger partial charge in [0, 0.05) is 11.3 Å². The Morgan fingerprint density at radius 1 is 0.971 bits per heavy atom. The Balaban J connectivity index is 1.42. The summed E-state index contributed by atoms with van der Waals surface area (Å²) in [6, 6.07) is 18.6. The van der Waals surface area contributed by atoms with Crippen LogP contribution in [-0.4, -0.2) is 36.9 Å². The molecule has 0 aliphatic carbocycles. The highest BCUT2D eigenvalue weighted by molar-refractivity contribution is 7.92. The molecule has 1 heterocycles. The van der Waals surface area contributed by atoms with Crippen LogP contribution in [0.15, 0.2) is 84.0 Å². The molecule has 0 bridgehead atoms. The Kier molecular flexibility index (Phi) is 6.69. The Morgan fingerprint density at radius 2 is 1.71 bits per heavy atom. The third kappa shape index (κ3) is 5.25. The number of hydrazine groups is 1. The molecule has 0 radical (unpaired) electrons. The lowest BCUT2D eigenvalue weighted by molar-refractivity contribution is -0.124. The number of para-hydroxylation sites is 2. The van der Waals surface area contributed by atoms with Gasteiger partial charge in [-0.15, -0.1) is 0 Å². The molecule has 4 rings (SSSR count). The van der Waals surface area contributed by atoms with Gasteiger partial charge >= 0.3 is 0 Å².